The summed E-state index contributed by atoms with van der Waals surface area (Å²) in [5.74, 6) is -0.376. The smallest absolute Gasteiger partial charge is 0.283 e. The number of benzene rings is 2. The minimum atomic E-state index is -3.73. The fourth-order valence-electron chi connectivity index (χ4n) is 3.10. The van der Waals surface area contributed by atoms with Crippen LogP contribution in [0.1, 0.15) is 11.1 Å². The number of nitrogens with zero attached hydrogens (tertiary/aromatic N) is 3. The molecule has 12 heteroatoms. The molecule has 170 valence electrons. The summed E-state index contributed by atoms with van der Waals surface area (Å²) in [6.45, 7) is 0.276. The van der Waals surface area contributed by atoms with Crippen molar-refractivity contribution in [2.24, 2.45) is 9.39 Å². The Morgan fingerprint density at radius 2 is 1.97 bits per heavy atom. The fourth-order valence-corrected chi connectivity index (χ4v) is 5.22. The molecule has 2 aromatic carbocycles. The lowest BCUT2D eigenvalue weighted by atomic mass is 10.1. The third kappa shape index (κ3) is 4.65. The average molecular weight is 505 g/mol. The lowest BCUT2D eigenvalue weighted by Crippen LogP contribution is -2.45. The van der Waals surface area contributed by atoms with Gasteiger partial charge in [0, 0.05) is 6.26 Å². The molecule has 2 aliphatic heterocycles. The maximum atomic E-state index is 12.5. The molecule has 0 bridgehead atoms. The number of aliphatic imine (C=N–C) groups is 1. The Hall–Kier alpha value is -3.15. The van der Waals surface area contributed by atoms with E-state index in [4.69, 9.17) is 26.5 Å². The molecule has 1 amide bonds. The number of carbonyl (C=O) groups excluding carboxylic acids is 1. The SMILES string of the molecule is COc1cc(/C=C2/C(=N)N3C(=NC2=O)SN=C3S(C)(=O)=O)cc(Cl)c1OCc1ccccc1. The van der Waals surface area contributed by atoms with Crippen LogP contribution in [0.15, 0.2) is 57.4 Å². The molecule has 0 radical (unpaired) electrons. The van der Waals surface area contributed by atoms with E-state index in [0.717, 1.165) is 28.7 Å². The highest BCUT2D eigenvalue weighted by Crippen LogP contribution is 2.38. The minimum Gasteiger partial charge on any atom is -0.493 e. The van der Waals surface area contributed by atoms with E-state index in [9.17, 15) is 13.2 Å². The summed E-state index contributed by atoms with van der Waals surface area (Å²) in [6.07, 6.45) is 2.37. The van der Waals surface area contributed by atoms with E-state index in [-0.39, 0.29) is 33.4 Å². The second kappa shape index (κ2) is 9.00. The van der Waals surface area contributed by atoms with Crippen LogP contribution in [-0.4, -0.2) is 48.8 Å². The van der Waals surface area contributed by atoms with Crippen molar-refractivity contribution in [1.82, 2.24) is 4.90 Å². The Morgan fingerprint density at radius 1 is 1.24 bits per heavy atom. The van der Waals surface area contributed by atoms with Gasteiger partial charge in [-0.15, -0.1) is 0 Å². The Balaban J connectivity index is 1.66. The molecule has 0 saturated carbocycles. The van der Waals surface area contributed by atoms with Crippen molar-refractivity contribution >= 4 is 61.5 Å². The molecule has 0 saturated heterocycles. The third-order valence-corrected chi connectivity index (χ3v) is 6.65. The second-order valence-corrected chi connectivity index (χ2v) is 10.0. The maximum absolute atomic E-state index is 12.5. The van der Waals surface area contributed by atoms with Gasteiger partial charge in [0.15, 0.2) is 11.5 Å². The quantitative estimate of drug-likeness (QED) is 0.488. The number of amidine groups is 3. The summed E-state index contributed by atoms with van der Waals surface area (Å²) >= 11 is 7.16. The number of nitrogens with one attached hydrogen (secondary N) is 1. The van der Waals surface area contributed by atoms with Gasteiger partial charge in [-0.1, -0.05) is 41.9 Å². The van der Waals surface area contributed by atoms with E-state index in [1.54, 1.807) is 12.1 Å². The molecule has 0 fully saturated rings. The third-order valence-electron chi connectivity index (χ3n) is 4.61. The van der Waals surface area contributed by atoms with Crippen LogP contribution in [-0.2, 0) is 21.2 Å². The molecule has 2 aliphatic rings. The largest absolute Gasteiger partial charge is 0.493 e. The van der Waals surface area contributed by atoms with Crippen LogP contribution in [0.25, 0.3) is 6.08 Å². The van der Waals surface area contributed by atoms with Crippen LogP contribution >= 0.6 is 23.5 Å². The highest BCUT2D eigenvalue weighted by Gasteiger charge is 2.41. The molecule has 0 aromatic heterocycles. The summed E-state index contributed by atoms with van der Waals surface area (Å²) in [7, 11) is -2.28. The number of amides is 1. The molecule has 0 aliphatic carbocycles. The Morgan fingerprint density at radius 3 is 2.64 bits per heavy atom. The molecule has 0 spiro atoms. The molecule has 9 nitrogen and oxygen atoms in total. The van der Waals surface area contributed by atoms with Crippen molar-refractivity contribution in [1.29, 1.82) is 5.41 Å². The van der Waals surface area contributed by atoms with Crippen molar-refractivity contribution in [2.45, 2.75) is 6.61 Å². The lowest BCUT2D eigenvalue weighted by Gasteiger charge is -2.24. The number of halogens is 1. The van der Waals surface area contributed by atoms with Crippen LogP contribution < -0.4 is 9.47 Å². The summed E-state index contributed by atoms with van der Waals surface area (Å²) in [5, 5.41) is 8.33. The van der Waals surface area contributed by atoms with E-state index in [0.29, 0.717) is 17.1 Å². The van der Waals surface area contributed by atoms with Crippen LogP contribution in [0.2, 0.25) is 5.02 Å². The minimum absolute atomic E-state index is 0.0165. The highest BCUT2D eigenvalue weighted by atomic mass is 35.5. The first-order valence-corrected chi connectivity index (χ1v) is 12.5. The van der Waals surface area contributed by atoms with E-state index in [2.05, 4.69) is 9.39 Å². The number of rotatable bonds is 5. The maximum Gasteiger partial charge on any atom is 0.283 e. The molecule has 33 heavy (non-hydrogen) atoms. The van der Waals surface area contributed by atoms with Crippen molar-refractivity contribution in [3.63, 3.8) is 0 Å². The van der Waals surface area contributed by atoms with Crippen molar-refractivity contribution in [3.05, 3.63) is 64.2 Å². The van der Waals surface area contributed by atoms with Gasteiger partial charge in [-0.25, -0.2) is 13.3 Å². The lowest BCUT2D eigenvalue weighted by molar-refractivity contribution is -0.114. The molecule has 0 atom stereocenters. The monoisotopic (exact) mass is 504 g/mol. The number of sulfone groups is 1. The predicted molar refractivity (Wildman–Crippen MR) is 129 cm³/mol. The zero-order valence-electron chi connectivity index (χ0n) is 17.4. The number of methoxy groups -OCH3 is 1. The summed E-state index contributed by atoms with van der Waals surface area (Å²) in [6, 6.07) is 12.7. The molecular formula is C21H17ClN4O5S2. The van der Waals surface area contributed by atoms with Gasteiger partial charge in [0.1, 0.15) is 12.4 Å². The van der Waals surface area contributed by atoms with Gasteiger partial charge in [-0.3, -0.25) is 10.2 Å². The van der Waals surface area contributed by atoms with Gasteiger partial charge < -0.3 is 9.47 Å². The Kier molecular flexibility index (Phi) is 6.28. The number of fused-ring (bicyclic) bond motifs is 1. The van der Waals surface area contributed by atoms with Crippen LogP contribution in [0.5, 0.6) is 11.5 Å². The standard InChI is InChI=1S/C21H17ClN4O5S2/c1-30-16-10-13(9-15(22)17(16)31-11-12-6-4-3-5-7-12)8-14-18(23)26-20(24-19(14)27)32-25-21(26)33(2,28)29/h3-10,23H,11H2,1-2H3/b14-8-,23-18?. The van der Waals surface area contributed by atoms with Crippen LogP contribution in [0, 0.1) is 5.41 Å². The molecule has 2 heterocycles. The van der Waals surface area contributed by atoms with Gasteiger partial charge in [-0.2, -0.15) is 9.39 Å². The average Bonchev–Trinajstić information content (AvgIpc) is 3.20. The number of carbonyl (C=O) groups is 1. The second-order valence-electron chi connectivity index (χ2n) is 6.99. The van der Waals surface area contributed by atoms with Crippen LogP contribution in [0.3, 0.4) is 0 Å². The zero-order valence-corrected chi connectivity index (χ0v) is 19.8. The molecular weight excluding hydrogens is 488 g/mol. The topological polar surface area (TPSA) is 121 Å². The van der Waals surface area contributed by atoms with Crippen molar-refractivity contribution in [3.8, 4) is 11.5 Å². The first-order chi connectivity index (χ1) is 15.7. The highest BCUT2D eigenvalue weighted by molar-refractivity contribution is 8.16. The fraction of sp³-hybridized carbons (Fsp3) is 0.143. The van der Waals surface area contributed by atoms with E-state index in [1.807, 2.05) is 30.3 Å². The first-order valence-electron chi connectivity index (χ1n) is 9.42. The molecule has 1 N–H and O–H groups in total. The van der Waals surface area contributed by atoms with Gasteiger partial charge in [0.25, 0.3) is 5.91 Å². The van der Waals surface area contributed by atoms with Gasteiger partial charge in [-0.05, 0) is 29.3 Å². The number of hydrogen-bond donors (Lipinski definition) is 1. The van der Waals surface area contributed by atoms with Gasteiger partial charge >= 0.3 is 0 Å². The number of ether oxygens (including phenoxy) is 2. The van der Waals surface area contributed by atoms with Crippen molar-refractivity contribution in [2.75, 3.05) is 13.4 Å². The van der Waals surface area contributed by atoms with Crippen molar-refractivity contribution < 1.29 is 22.7 Å². The van der Waals surface area contributed by atoms with E-state index in [1.165, 1.54) is 13.2 Å². The van der Waals surface area contributed by atoms with Gasteiger partial charge in [0.05, 0.1) is 29.7 Å². The zero-order chi connectivity index (χ0) is 23.8. The molecule has 0 unspecified atom stereocenters. The Labute approximate surface area is 199 Å². The normalized spacial score (nSPS) is 17.1. The van der Waals surface area contributed by atoms with E-state index < -0.39 is 15.7 Å². The number of hydrogen-bond acceptors (Lipinski definition) is 8. The Bertz CT molecular complexity index is 1350. The van der Waals surface area contributed by atoms with Gasteiger partial charge in [0.2, 0.25) is 20.2 Å². The predicted octanol–water partition coefficient (Wildman–Crippen LogP) is 3.55. The molecule has 2 aromatic rings. The summed E-state index contributed by atoms with van der Waals surface area (Å²) in [4.78, 5) is 17.5. The summed E-state index contributed by atoms with van der Waals surface area (Å²) in [5.41, 5.74) is 1.28. The van der Waals surface area contributed by atoms with E-state index >= 15 is 0 Å². The first kappa shape index (κ1) is 23.0. The molecule has 4 rings (SSSR count). The summed E-state index contributed by atoms with van der Waals surface area (Å²) < 4.78 is 39.1. The van der Waals surface area contributed by atoms with Crippen LogP contribution in [0.4, 0.5) is 0 Å².